The molecule has 0 heterocycles. The van der Waals surface area contributed by atoms with E-state index in [2.05, 4.69) is 0 Å². The van der Waals surface area contributed by atoms with E-state index < -0.39 is 22.5 Å². The highest BCUT2D eigenvalue weighted by atomic mass is 16.6. The molecule has 0 N–H and O–H groups in total. The predicted molar refractivity (Wildman–Crippen MR) is 111 cm³/mol. The Kier molecular flexibility index (Phi) is 5.24. The molecule has 7 heteroatoms. The number of ketones is 2. The van der Waals surface area contributed by atoms with Crippen LogP contribution >= 0.6 is 0 Å². The molecule has 0 bridgehead atoms. The van der Waals surface area contributed by atoms with E-state index in [4.69, 9.17) is 4.74 Å². The normalized spacial score (nSPS) is 13.0. The third-order valence-corrected chi connectivity index (χ3v) is 4.90. The summed E-state index contributed by atoms with van der Waals surface area (Å²) >= 11 is 0. The molecule has 152 valence electrons. The predicted octanol–water partition coefficient (Wildman–Crippen LogP) is 4.17. The summed E-state index contributed by atoms with van der Waals surface area (Å²) in [4.78, 5) is 49.5. The second-order valence-electron chi connectivity index (χ2n) is 6.82. The smallest absolute Gasteiger partial charge is 0.343 e. The summed E-state index contributed by atoms with van der Waals surface area (Å²) in [6.07, 6.45) is 0. The van der Waals surface area contributed by atoms with E-state index >= 15 is 0 Å². The molecule has 0 atom stereocenters. The van der Waals surface area contributed by atoms with E-state index in [1.807, 2.05) is 0 Å². The van der Waals surface area contributed by atoms with E-state index in [0.717, 1.165) is 0 Å². The summed E-state index contributed by atoms with van der Waals surface area (Å²) in [6.45, 7) is -0.203. The first kappa shape index (κ1) is 19.9. The Bertz CT molecular complexity index is 1240. The molecular formula is C24H15NO6. The average Bonchev–Trinajstić information content (AvgIpc) is 2.80. The van der Waals surface area contributed by atoms with Gasteiger partial charge in [0.05, 0.1) is 4.92 Å². The van der Waals surface area contributed by atoms with Gasteiger partial charge in [-0.25, -0.2) is 4.79 Å². The van der Waals surface area contributed by atoms with Crippen LogP contribution in [0.1, 0.15) is 31.8 Å². The second-order valence-corrected chi connectivity index (χ2v) is 6.82. The average molecular weight is 413 g/mol. The lowest BCUT2D eigenvalue weighted by Crippen LogP contribution is -2.27. The highest BCUT2D eigenvalue weighted by Gasteiger charge is 2.37. The topological polar surface area (TPSA) is 104 Å². The molecule has 31 heavy (non-hydrogen) atoms. The van der Waals surface area contributed by atoms with Gasteiger partial charge in [0.25, 0.3) is 5.69 Å². The quantitative estimate of drug-likeness (QED) is 0.269. The van der Waals surface area contributed by atoms with Crippen molar-refractivity contribution in [2.45, 2.75) is 6.61 Å². The first-order valence-electron chi connectivity index (χ1n) is 9.36. The molecule has 0 aromatic heterocycles. The molecular weight excluding hydrogens is 398 g/mol. The van der Waals surface area contributed by atoms with Crippen LogP contribution in [-0.2, 0) is 16.1 Å². The van der Waals surface area contributed by atoms with Crippen LogP contribution in [0, 0.1) is 10.1 Å². The number of carbonyl (C=O) groups excluding carboxylic acids is 3. The van der Waals surface area contributed by atoms with Crippen molar-refractivity contribution in [3.63, 3.8) is 0 Å². The third-order valence-electron chi connectivity index (χ3n) is 4.90. The maximum atomic E-state index is 13.2. The largest absolute Gasteiger partial charge is 0.457 e. The van der Waals surface area contributed by atoms with Crippen LogP contribution in [0.15, 0.2) is 84.4 Å². The number of nitro groups is 1. The number of rotatable bonds is 5. The zero-order valence-electron chi connectivity index (χ0n) is 16.1. The Hall–Kier alpha value is -4.39. The lowest BCUT2D eigenvalue weighted by molar-refractivity contribution is -0.384. The van der Waals surface area contributed by atoms with Crippen LogP contribution in [0.3, 0.4) is 0 Å². The van der Waals surface area contributed by atoms with Crippen LogP contribution < -0.4 is 0 Å². The monoisotopic (exact) mass is 413 g/mol. The highest BCUT2D eigenvalue weighted by molar-refractivity contribution is 6.46. The van der Waals surface area contributed by atoms with Gasteiger partial charge in [0.15, 0.2) is 5.78 Å². The maximum Gasteiger partial charge on any atom is 0.343 e. The Morgan fingerprint density at radius 2 is 1.39 bits per heavy atom. The maximum absolute atomic E-state index is 13.2. The van der Waals surface area contributed by atoms with E-state index in [-0.39, 0.29) is 34.6 Å². The van der Waals surface area contributed by atoms with Crippen LogP contribution in [0.5, 0.6) is 0 Å². The Morgan fingerprint density at radius 3 is 2.00 bits per heavy atom. The zero-order chi connectivity index (χ0) is 22.0. The number of hydrogen-bond donors (Lipinski definition) is 0. The van der Waals surface area contributed by atoms with Crippen LogP contribution in [0.25, 0.3) is 5.57 Å². The molecule has 0 fully saturated rings. The van der Waals surface area contributed by atoms with Gasteiger partial charge in [0.2, 0.25) is 5.78 Å². The van der Waals surface area contributed by atoms with Gasteiger partial charge in [-0.3, -0.25) is 19.7 Å². The number of hydrogen-bond acceptors (Lipinski definition) is 6. The molecule has 0 amide bonds. The molecule has 0 saturated heterocycles. The first-order chi connectivity index (χ1) is 15.0. The van der Waals surface area contributed by atoms with Gasteiger partial charge in [0, 0.05) is 28.8 Å². The number of allylic oxidation sites excluding steroid dienone is 1. The molecule has 0 aliphatic heterocycles. The number of fused-ring (bicyclic) bond motifs is 1. The van der Waals surface area contributed by atoms with Crippen LogP contribution in [0.4, 0.5) is 5.69 Å². The van der Waals surface area contributed by atoms with Crippen molar-refractivity contribution in [3.8, 4) is 0 Å². The number of non-ortho nitro benzene ring substituents is 1. The minimum Gasteiger partial charge on any atom is -0.457 e. The van der Waals surface area contributed by atoms with Gasteiger partial charge in [-0.1, -0.05) is 54.6 Å². The SMILES string of the molecule is O=C(OCc1ccc([N+](=O)[O-])cc1)C1=C(c2ccccc2)C(=O)c2ccccc2C1=O. The molecule has 1 aliphatic carbocycles. The second kappa shape index (κ2) is 8.16. The summed E-state index contributed by atoms with van der Waals surface area (Å²) in [6, 6.07) is 20.3. The summed E-state index contributed by atoms with van der Waals surface area (Å²) in [5, 5.41) is 10.8. The number of nitro benzene ring substituents is 1. The fourth-order valence-corrected chi connectivity index (χ4v) is 3.39. The number of Topliss-reactive ketones (excluding diaryl/α,β-unsaturated/α-hetero) is 2. The van der Waals surface area contributed by atoms with E-state index in [9.17, 15) is 24.5 Å². The Balaban J connectivity index is 1.70. The number of nitrogens with zero attached hydrogens (tertiary/aromatic N) is 1. The third kappa shape index (κ3) is 3.76. The molecule has 0 saturated carbocycles. The van der Waals surface area contributed by atoms with Gasteiger partial charge >= 0.3 is 5.97 Å². The van der Waals surface area contributed by atoms with Gasteiger partial charge in [-0.05, 0) is 23.3 Å². The van der Waals surface area contributed by atoms with Crippen molar-refractivity contribution in [1.29, 1.82) is 0 Å². The lowest BCUT2D eigenvalue weighted by Gasteiger charge is -2.20. The summed E-state index contributed by atoms with van der Waals surface area (Å²) < 4.78 is 5.31. The zero-order valence-corrected chi connectivity index (χ0v) is 16.1. The number of benzene rings is 3. The highest BCUT2D eigenvalue weighted by Crippen LogP contribution is 2.33. The standard InChI is InChI=1S/C24H15NO6/c26-22-18-8-4-5-9-19(18)23(27)21(20(22)16-6-2-1-3-7-16)24(28)31-14-15-10-12-17(13-11-15)25(29)30/h1-13H,14H2. The molecule has 0 spiro atoms. The Morgan fingerprint density at radius 1 is 0.806 bits per heavy atom. The van der Waals surface area contributed by atoms with E-state index in [0.29, 0.717) is 11.1 Å². The molecule has 3 aromatic carbocycles. The fraction of sp³-hybridized carbons (Fsp3) is 0.0417. The number of ether oxygens (including phenoxy) is 1. The Labute approximate surface area is 176 Å². The van der Waals surface area contributed by atoms with Crippen molar-refractivity contribution in [2.75, 3.05) is 0 Å². The van der Waals surface area contributed by atoms with Crippen molar-refractivity contribution < 1.29 is 24.0 Å². The van der Waals surface area contributed by atoms with Crippen molar-refractivity contribution in [2.24, 2.45) is 0 Å². The van der Waals surface area contributed by atoms with E-state index in [1.165, 1.54) is 30.3 Å². The summed E-state index contributed by atoms with van der Waals surface area (Å²) in [5.74, 6) is -1.93. The van der Waals surface area contributed by atoms with Gasteiger partial charge in [-0.15, -0.1) is 0 Å². The molecule has 1 aliphatic rings. The first-order valence-corrected chi connectivity index (χ1v) is 9.36. The fourth-order valence-electron chi connectivity index (χ4n) is 3.39. The molecule has 7 nitrogen and oxygen atoms in total. The summed E-state index contributed by atoms with van der Waals surface area (Å²) in [7, 11) is 0. The number of esters is 1. The van der Waals surface area contributed by atoms with Gasteiger partial charge < -0.3 is 4.74 Å². The van der Waals surface area contributed by atoms with Crippen LogP contribution in [0.2, 0.25) is 0 Å². The summed E-state index contributed by atoms with van der Waals surface area (Å²) in [5.41, 5.74) is 0.921. The van der Waals surface area contributed by atoms with E-state index in [1.54, 1.807) is 48.5 Å². The van der Waals surface area contributed by atoms with Crippen molar-refractivity contribution in [3.05, 3.63) is 117 Å². The van der Waals surface area contributed by atoms with Crippen LogP contribution in [-0.4, -0.2) is 22.5 Å². The van der Waals surface area contributed by atoms with Crippen molar-refractivity contribution in [1.82, 2.24) is 0 Å². The molecule has 0 radical (unpaired) electrons. The minimum atomic E-state index is -0.926. The molecule has 0 unspecified atom stereocenters. The number of carbonyl (C=O) groups is 3. The lowest BCUT2D eigenvalue weighted by atomic mass is 9.81. The van der Waals surface area contributed by atoms with Crippen molar-refractivity contribution >= 4 is 28.8 Å². The van der Waals surface area contributed by atoms with Gasteiger partial charge in [-0.2, -0.15) is 0 Å². The molecule has 4 rings (SSSR count). The van der Waals surface area contributed by atoms with Gasteiger partial charge in [0.1, 0.15) is 12.2 Å². The minimum absolute atomic E-state index is 0.00185. The molecule has 3 aromatic rings.